The summed E-state index contributed by atoms with van der Waals surface area (Å²) in [7, 11) is 1.61. The maximum absolute atomic E-state index is 14.1. The van der Waals surface area contributed by atoms with Crippen LogP contribution >= 0.6 is 0 Å². The van der Waals surface area contributed by atoms with E-state index < -0.39 is 46.3 Å². The highest BCUT2D eigenvalue weighted by molar-refractivity contribution is 6.13. The van der Waals surface area contributed by atoms with Crippen LogP contribution in [-0.2, 0) is 25.5 Å². The Bertz CT molecular complexity index is 1460. The van der Waals surface area contributed by atoms with Gasteiger partial charge in [-0.1, -0.05) is 30.3 Å². The van der Waals surface area contributed by atoms with Gasteiger partial charge in [-0.3, -0.25) is 19.4 Å². The van der Waals surface area contributed by atoms with Crippen LogP contribution in [0.15, 0.2) is 53.9 Å². The summed E-state index contributed by atoms with van der Waals surface area (Å²) >= 11 is 0. The molecule has 12 nitrogen and oxygen atoms in total. The first-order valence-electron chi connectivity index (χ1n) is 14.8. The summed E-state index contributed by atoms with van der Waals surface area (Å²) in [5, 5.41) is 11.2. The normalized spacial score (nSPS) is 18.9. The Morgan fingerprint density at radius 2 is 1.82 bits per heavy atom. The number of amides is 4. The van der Waals surface area contributed by atoms with Crippen molar-refractivity contribution >= 4 is 29.5 Å². The summed E-state index contributed by atoms with van der Waals surface area (Å²) in [6.07, 6.45) is 2.35. The van der Waals surface area contributed by atoms with Crippen LogP contribution in [0.3, 0.4) is 0 Å². The van der Waals surface area contributed by atoms with Crippen molar-refractivity contribution in [3.8, 4) is 5.75 Å². The van der Waals surface area contributed by atoms with Crippen LogP contribution in [0.4, 0.5) is 9.18 Å². The lowest BCUT2D eigenvalue weighted by molar-refractivity contribution is -0.142. The summed E-state index contributed by atoms with van der Waals surface area (Å²) in [4.78, 5) is 59.0. The fourth-order valence-corrected chi connectivity index (χ4v) is 5.41. The molecule has 2 atom stereocenters. The number of fused-ring (bicyclic) bond motifs is 1. The lowest BCUT2D eigenvalue weighted by atomic mass is 9.73. The summed E-state index contributed by atoms with van der Waals surface area (Å²) in [6.45, 7) is 8.40. The predicted octanol–water partition coefficient (Wildman–Crippen LogP) is 3.07. The number of carbonyl (C=O) groups is 4. The highest BCUT2D eigenvalue weighted by Crippen LogP contribution is 2.38. The zero-order valence-corrected chi connectivity index (χ0v) is 26.6. The fourth-order valence-electron chi connectivity index (χ4n) is 5.41. The van der Waals surface area contributed by atoms with Gasteiger partial charge in [-0.25, -0.2) is 14.2 Å². The molecule has 1 aromatic heterocycles. The van der Waals surface area contributed by atoms with Crippen molar-refractivity contribution in [3.63, 3.8) is 0 Å². The van der Waals surface area contributed by atoms with Gasteiger partial charge in [0, 0.05) is 39.0 Å². The maximum Gasteiger partial charge on any atom is 0.408 e. The van der Waals surface area contributed by atoms with Crippen molar-refractivity contribution in [1.82, 2.24) is 25.5 Å². The smallest absolute Gasteiger partial charge is 0.408 e. The van der Waals surface area contributed by atoms with Crippen LogP contribution < -0.4 is 15.4 Å². The molecule has 1 saturated heterocycles. The molecule has 242 valence electrons. The van der Waals surface area contributed by atoms with Crippen LogP contribution in [0.25, 0.3) is 0 Å². The van der Waals surface area contributed by atoms with Gasteiger partial charge in [-0.15, -0.1) is 0 Å². The van der Waals surface area contributed by atoms with E-state index >= 15 is 0 Å². The minimum atomic E-state index is -1.45. The molecule has 13 heteroatoms. The van der Waals surface area contributed by atoms with Crippen LogP contribution in [0, 0.1) is 11.2 Å². The van der Waals surface area contributed by atoms with E-state index in [1.54, 1.807) is 32.7 Å². The number of hydrazone groups is 1. The van der Waals surface area contributed by atoms with Gasteiger partial charge in [0.05, 0.1) is 24.7 Å². The number of carbonyl (C=O) groups excluding carboxylic acids is 4. The van der Waals surface area contributed by atoms with Gasteiger partial charge < -0.3 is 25.0 Å². The molecule has 0 saturated carbocycles. The van der Waals surface area contributed by atoms with Crippen molar-refractivity contribution in [2.75, 3.05) is 26.7 Å². The number of rotatable bonds is 10. The number of piperidine rings is 1. The second-order valence-electron chi connectivity index (χ2n) is 12.9. The molecule has 45 heavy (non-hydrogen) atoms. The van der Waals surface area contributed by atoms with Crippen molar-refractivity contribution in [1.29, 1.82) is 0 Å². The summed E-state index contributed by atoms with van der Waals surface area (Å²) < 4.78 is 24.6. The zero-order chi connectivity index (χ0) is 33.0. The molecule has 1 fully saturated rings. The van der Waals surface area contributed by atoms with Crippen LogP contribution in [-0.4, -0.2) is 88.3 Å². The second-order valence-corrected chi connectivity index (χ2v) is 12.9. The minimum Gasteiger partial charge on any atom is -0.492 e. The van der Waals surface area contributed by atoms with Gasteiger partial charge in [-0.05, 0) is 46.6 Å². The standard InChI is InChI=1S/C32H41FN6O6/c1-30(2,3)45-29(43)36-31(4,5)27(41)35-24(13-15-44-23-16-22(33)18-34-19-23)26(40)39-14-12-25-32(20-39,28(42)38(6)37-25)17-21-10-8-7-9-11-21/h7-11,16,18-19,24H,12-15,17,20H2,1-6H3,(H,35,41)(H,36,43)/t24-,32-/m1/s1. The fraction of sp³-hybridized carbons (Fsp3) is 0.500. The number of likely N-dealkylation sites (tertiary alicyclic amines) is 1. The van der Waals surface area contributed by atoms with E-state index in [-0.39, 0.29) is 37.8 Å². The molecule has 0 radical (unpaired) electrons. The molecule has 3 heterocycles. The molecule has 1 aromatic carbocycles. The number of nitrogens with one attached hydrogen (secondary N) is 2. The number of halogens is 1. The highest BCUT2D eigenvalue weighted by Gasteiger charge is 2.54. The predicted molar refractivity (Wildman–Crippen MR) is 164 cm³/mol. The number of pyridine rings is 1. The first kappa shape index (κ1) is 33.3. The highest BCUT2D eigenvalue weighted by atomic mass is 19.1. The Kier molecular flexibility index (Phi) is 9.79. The van der Waals surface area contributed by atoms with Gasteiger partial charge in [0.2, 0.25) is 11.8 Å². The van der Waals surface area contributed by atoms with E-state index in [1.807, 2.05) is 30.3 Å². The molecule has 4 amide bonds. The third-order valence-corrected chi connectivity index (χ3v) is 7.61. The number of aromatic nitrogens is 1. The average Bonchev–Trinajstić information content (AvgIpc) is 3.19. The van der Waals surface area contributed by atoms with Crippen molar-refractivity contribution in [3.05, 3.63) is 60.2 Å². The molecule has 2 aliphatic heterocycles. The Morgan fingerprint density at radius 1 is 1.11 bits per heavy atom. The molecule has 2 N–H and O–H groups in total. The second kappa shape index (κ2) is 13.2. The summed E-state index contributed by atoms with van der Waals surface area (Å²) in [6, 6.07) is 9.61. The largest absolute Gasteiger partial charge is 0.492 e. The molecular weight excluding hydrogens is 583 g/mol. The molecule has 0 spiro atoms. The number of hydrogen-bond donors (Lipinski definition) is 2. The van der Waals surface area contributed by atoms with Crippen molar-refractivity contribution < 1.29 is 33.0 Å². The first-order valence-corrected chi connectivity index (χ1v) is 14.8. The van der Waals surface area contributed by atoms with Crippen LogP contribution in [0.1, 0.15) is 53.0 Å². The van der Waals surface area contributed by atoms with Crippen molar-refractivity contribution in [2.24, 2.45) is 10.5 Å². The van der Waals surface area contributed by atoms with E-state index in [0.29, 0.717) is 18.6 Å². The number of ether oxygens (including phenoxy) is 2. The quantitative estimate of drug-likeness (QED) is 0.414. The van der Waals surface area contributed by atoms with Gasteiger partial charge in [0.15, 0.2) is 0 Å². The Balaban J connectivity index is 1.55. The minimum absolute atomic E-state index is 0.0145. The van der Waals surface area contributed by atoms with E-state index in [4.69, 9.17) is 9.47 Å². The van der Waals surface area contributed by atoms with Gasteiger partial charge in [0.1, 0.15) is 34.2 Å². The lowest BCUT2D eigenvalue weighted by Gasteiger charge is -2.41. The Hall–Kier alpha value is -4.55. The average molecular weight is 625 g/mol. The molecule has 2 aromatic rings. The number of benzene rings is 1. The Morgan fingerprint density at radius 3 is 2.49 bits per heavy atom. The molecular formula is C32H41FN6O6. The molecule has 0 aliphatic carbocycles. The van der Waals surface area contributed by atoms with Gasteiger partial charge >= 0.3 is 6.09 Å². The van der Waals surface area contributed by atoms with Gasteiger partial charge in [0.25, 0.3) is 5.91 Å². The number of nitrogens with zero attached hydrogens (tertiary/aromatic N) is 4. The molecule has 0 bridgehead atoms. The Labute approximate surface area is 262 Å². The number of alkyl carbamates (subject to hydrolysis) is 1. The number of hydrogen-bond acceptors (Lipinski definition) is 8. The third kappa shape index (κ3) is 8.14. The van der Waals surface area contributed by atoms with E-state index in [1.165, 1.54) is 25.1 Å². The molecule has 4 rings (SSSR count). The van der Waals surface area contributed by atoms with Crippen LogP contribution in [0.5, 0.6) is 5.75 Å². The molecule has 0 unspecified atom stereocenters. The topological polar surface area (TPSA) is 143 Å². The SMILES string of the molecule is CN1N=C2CCN(C(=O)[C@@H](CCOc3cncc(F)c3)NC(=O)C(C)(C)NC(=O)OC(C)(C)C)C[C@@]2(Cc2ccccc2)C1=O. The van der Waals surface area contributed by atoms with Gasteiger partial charge in [-0.2, -0.15) is 5.10 Å². The van der Waals surface area contributed by atoms with Crippen LogP contribution in [0.2, 0.25) is 0 Å². The lowest BCUT2D eigenvalue weighted by Crippen LogP contribution is -2.62. The third-order valence-electron chi connectivity index (χ3n) is 7.61. The maximum atomic E-state index is 14.1. The summed E-state index contributed by atoms with van der Waals surface area (Å²) in [5.74, 6) is -1.67. The summed E-state index contributed by atoms with van der Waals surface area (Å²) in [5.41, 5.74) is -1.63. The van der Waals surface area contributed by atoms with Crippen molar-refractivity contribution in [2.45, 2.75) is 71.1 Å². The first-order chi connectivity index (χ1) is 21.1. The molecule has 2 aliphatic rings. The van der Waals surface area contributed by atoms with E-state index in [0.717, 1.165) is 17.8 Å². The monoisotopic (exact) mass is 624 g/mol. The zero-order valence-electron chi connectivity index (χ0n) is 26.6. The van der Waals surface area contributed by atoms with E-state index in [9.17, 15) is 23.6 Å². The van der Waals surface area contributed by atoms with E-state index in [2.05, 4.69) is 20.7 Å².